The normalized spacial score (nSPS) is 18.0. The van der Waals surface area contributed by atoms with Crippen molar-refractivity contribution in [3.05, 3.63) is 94.5 Å². The van der Waals surface area contributed by atoms with Gasteiger partial charge in [0.25, 0.3) is 0 Å². The Labute approximate surface area is 182 Å². The number of benzene rings is 3. The molecule has 0 aromatic heterocycles. The van der Waals surface area contributed by atoms with Crippen LogP contribution in [0.15, 0.2) is 82.6 Å². The zero-order chi connectivity index (χ0) is 20.1. The Kier molecular flexibility index (Phi) is 6.61. The summed E-state index contributed by atoms with van der Waals surface area (Å²) in [6.07, 6.45) is 3.89. The fourth-order valence-corrected chi connectivity index (χ4v) is 4.78. The highest BCUT2D eigenvalue weighted by atomic mass is 35.5. The summed E-state index contributed by atoms with van der Waals surface area (Å²) in [5, 5.41) is 13.5. The second kappa shape index (κ2) is 9.36. The van der Waals surface area contributed by atoms with Crippen LogP contribution in [0.3, 0.4) is 0 Å². The van der Waals surface area contributed by atoms with Gasteiger partial charge in [0, 0.05) is 21.4 Å². The third-order valence-corrected chi connectivity index (χ3v) is 6.89. The first-order valence-electron chi connectivity index (χ1n) is 10.1. The molecule has 1 heterocycles. The van der Waals surface area contributed by atoms with Gasteiger partial charge >= 0.3 is 0 Å². The quantitative estimate of drug-likeness (QED) is 0.444. The predicted octanol–water partition coefficient (Wildman–Crippen LogP) is 5.54. The molecule has 150 valence electrons. The molecule has 1 aliphatic rings. The smallest absolute Gasteiger partial charge is 0.0625 e. The van der Waals surface area contributed by atoms with E-state index in [1.54, 1.807) is 11.8 Å². The first-order valence-corrected chi connectivity index (χ1v) is 11.3. The molecule has 0 spiro atoms. The molecule has 0 amide bonds. The Morgan fingerprint density at radius 3 is 2.31 bits per heavy atom. The van der Waals surface area contributed by atoms with Crippen LogP contribution >= 0.6 is 23.4 Å². The van der Waals surface area contributed by atoms with Gasteiger partial charge in [0.1, 0.15) is 0 Å². The van der Waals surface area contributed by atoms with Crippen LogP contribution in [0.4, 0.5) is 0 Å². The number of nitrogens with one attached hydrogen (secondary N) is 1. The molecule has 4 rings (SSSR count). The van der Waals surface area contributed by atoms with E-state index in [4.69, 9.17) is 11.6 Å². The van der Waals surface area contributed by atoms with Gasteiger partial charge in [0.2, 0.25) is 0 Å². The Bertz CT molecular complexity index is 956. The first-order chi connectivity index (χ1) is 14.2. The molecule has 2 nitrogen and oxygen atoms in total. The van der Waals surface area contributed by atoms with E-state index in [0.717, 1.165) is 47.7 Å². The molecule has 3 aromatic carbocycles. The predicted molar refractivity (Wildman–Crippen MR) is 122 cm³/mol. The third-order valence-electron chi connectivity index (χ3n) is 5.56. The van der Waals surface area contributed by atoms with Crippen LogP contribution in [0.25, 0.3) is 0 Å². The number of hydrogen-bond donors (Lipinski definition) is 2. The number of aliphatic hydroxyl groups is 1. The molecule has 3 aromatic rings. The highest BCUT2D eigenvalue weighted by Gasteiger charge is 2.40. The molecular weight excluding hydrogens is 398 g/mol. The monoisotopic (exact) mass is 423 g/mol. The lowest BCUT2D eigenvalue weighted by Crippen LogP contribution is -2.21. The molecule has 1 fully saturated rings. The molecule has 4 heteroatoms. The third kappa shape index (κ3) is 5.64. The van der Waals surface area contributed by atoms with Crippen molar-refractivity contribution in [2.75, 3.05) is 13.2 Å². The van der Waals surface area contributed by atoms with E-state index < -0.39 is 0 Å². The topological polar surface area (TPSA) is 42.2 Å². The lowest BCUT2D eigenvalue weighted by atomic mass is 10.0. The van der Waals surface area contributed by atoms with Crippen LogP contribution < -0.4 is 5.32 Å². The highest BCUT2D eigenvalue weighted by Crippen LogP contribution is 2.33. The maximum atomic E-state index is 9.44. The van der Waals surface area contributed by atoms with E-state index in [0.29, 0.717) is 0 Å². The van der Waals surface area contributed by atoms with E-state index in [1.165, 1.54) is 16.0 Å². The van der Waals surface area contributed by atoms with Crippen molar-refractivity contribution in [2.45, 2.75) is 41.0 Å². The average molecular weight is 424 g/mol. The molecule has 0 bridgehead atoms. The van der Waals surface area contributed by atoms with Gasteiger partial charge in [-0.3, -0.25) is 0 Å². The van der Waals surface area contributed by atoms with E-state index >= 15 is 0 Å². The average Bonchev–Trinajstić information content (AvgIpc) is 3.53. The fraction of sp³-hybridized carbons (Fsp3) is 0.280. The van der Waals surface area contributed by atoms with Crippen LogP contribution in [-0.4, -0.2) is 23.8 Å². The Hall–Kier alpha value is -1.78. The lowest BCUT2D eigenvalue weighted by molar-refractivity contribution is 0.244. The van der Waals surface area contributed by atoms with Gasteiger partial charge in [-0.25, -0.2) is 0 Å². The molecule has 1 atom stereocenters. The molecule has 1 unspecified atom stereocenters. The van der Waals surface area contributed by atoms with Gasteiger partial charge in [-0.15, -0.1) is 0 Å². The summed E-state index contributed by atoms with van der Waals surface area (Å²) in [4.78, 5) is 2.39. The zero-order valence-electron chi connectivity index (χ0n) is 16.4. The van der Waals surface area contributed by atoms with Crippen molar-refractivity contribution in [3.8, 4) is 0 Å². The summed E-state index contributed by atoms with van der Waals surface area (Å²) in [5.41, 5.74) is 3.80. The van der Waals surface area contributed by atoms with Gasteiger partial charge in [-0.1, -0.05) is 71.9 Å². The summed E-state index contributed by atoms with van der Waals surface area (Å²) in [6.45, 7) is 1.09. The maximum absolute atomic E-state index is 9.44. The van der Waals surface area contributed by atoms with Crippen molar-refractivity contribution in [2.24, 2.45) is 0 Å². The molecule has 0 saturated carbocycles. The van der Waals surface area contributed by atoms with Crippen molar-refractivity contribution in [1.29, 1.82) is 0 Å². The van der Waals surface area contributed by atoms with Crippen molar-refractivity contribution in [1.82, 2.24) is 5.32 Å². The van der Waals surface area contributed by atoms with E-state index in [-0.39, 0.29) is 12.1 Å². The van der Waals surface area contributed by atoms with Crippen LogP contribution in [-0.2, 0) is 19.3 Å². The lowest BCUT2D eigenvalue weighted by Gasteiger charge is -2.12. The number of rotatable bonds is 9. The SMILES string of the molecule is OCC1(CCc2ccc(Sc3cccc(CCc4ccccc4)c3)cc2Cl)CN1. The fourth-order valence-electron chi connectivity index (χ4n) is 3.49. The van der Waals surface area contributed by atoms with E-state index in [1.807, 2.05) is 0 Å². The number of hydrogen-bond acceptors (Lipinski definition) is 3. The Balaban J connectivity index is 1.36. The molecular formula is C25H26ClNOS. The maximum Gasteiger partial charge on any atom is 0.0625 e. The summed E-state index contributed by atoms with van der Waals surface area (Å²) in [6, 6.07) is 25.7. The van der Waals surface area contributed by atoms with Gasteiger partial charge in [-0.2, -0.15) is 0 Å². The van der Waals surface area contributed by atoms with Gasteiger partial charge in [-0.05, 0) is 66.6 Å². The second-order valence-electron chi connectivity index (χ2n) is 7.78. The molecule has 2 N–H and O–H groups in total. The molecule has 29 heavy (non-hydrogen) atoms. The minimum absolute atomic E-state index is 0.0725. The Morgan fingerprint density at radius 2 is 1.59 bits per heavy atom. The molecule has 1 aliphatic heterocycles. The van der Waals surface area contributed by atoms with Crippen LogP contribution in [0.5, 0.6) is 0 Å². The standard InChI is InChI=1S/C25H26ClNOS/c26-24-16-23(12-11-21(24)13-14-25(18-28)17-27-25)29-22-8-4-7-20(15-22)10-9-19-5-2-1-3-6-19/h1-8,11-12,15-16,27-28H,9-10,13-14,17-18H2. The molecule has 1 saturated heterocycles. The van der Waals surface area contributed by atoms with Crippen molar-refractivity contribution in [3.63, 3.8) is 0 Å². The summed E-state index contributed by atoms with van der Waals surface area (Å²) >= 11 is 8.29. The minimum atomic E-state index is -0.0725. The van der Waals surface area contributed by atoms with Gasteiger partial charge in [0.05, 0.1) is 12.1 Å². The Morgan fingerprint density at radius 1 is 0.862 bits per heavy atom. The first kappa shape index (κ1) is 20.5. The summed E-state index contributed by atoms with van der Waals surface area (Å²) in [5.74, 6) is 0. The number of aryl methyl sites for hydroxylation is 3. The summed E-state index contributed by atoms with van der Waals surface area (Å²) < 4.78 is 0. The van der Waals surface area contributed by atoms with Crippen LogP contribution in [0, 0.1) is 0 Å². The largest absolute Gasteiger partial charge is 0.394 e. The van der Waals surface area contributed by atoms with Crippen molar-refractivity contribution < 1.29 is 5.11 Å². The summed E-state index contributed by atoms with van der Waals surface area (Å²) in [7, 11) is 0. The minimum Gasteiger partial charge on any atom is -0.394 e. The highest BCUT2D eigenvalue weighted by molar-refractivity contribution is 7.99. The van der Waals surface area contributed by atoms with E-state index in [9.17, 15) is 5.11 Å². The zero-order valence-corrected chi connectivity index (χ0v) is 18.0. The molecule has 0 radical (unpaired) electrons. The van der Waals surface area contributed by atoms with Crippen LogP contribution in [0.2, 0.25) is 5.02 Å². The second-order valence-corrected chi connectivity index (χ2v) is 9.33. The molecule has 0 aliphatic carbocycles. The number of aliphatic hydroxyl groups excluding tert-OH is 1. The van der Waals surface area contributed by atoms with Crippen molar-refractivity contribution >= 4 is 23.4 Å². The van der Waals surface area contributed by atoms with E-state index in [2.05, 4.69) is 78.1 Å². The van der Waals surface area contributed by atoms with Crippen LogP contribution in [0.1, 0.15) is 23.1 Å². The van der Waals surface area contributed by atoms with Gasteiger partial charge < -0.3 is 10.4 Å². The number of halogens is 1. The van der Waals surface area contributed by atoms with Gasteiger partial charge in [0.15, 0.2) is 0 Å².